The quantitative estimate of drug-likeness (QED) is 0.745. The first kappa shape index (κ1) is 21.4. The first-order chi connectivity index (χ1) is 14.4. The lowest BCUT2D eigenvalue weighted by atomic mass is 10.1. The van der Waals surface area contributed by atoms with Crippen LogP contribution >= 0.6 is 0 Å². The molecule has 9 heteroatoms. The number of carbonyl (C=O) groups is 2. The predicted octanol–water partition coefficient (Wildman–Crippen LogP) is 2.66. The minimum absolute atomic E-state index is 0.0102. The minimum atomic E-state index is -0.848. The van der Waals surface area contributed by atoms with E-state index in [1.54, 1.807) is 12.1 Å². The van der Waals surface area contributed by atoms with Crippen LogP contribution in [0.15, 0.2) is 30.3 Å². The molecule has 2 amide bonds. The number of nitrogens with one attached hydrogen (secondary N) is 1. The van der Waals surface area contributed by atoms with Gasteiger partial charge in [-0.15, -0.1) is 0 Å². The summed E-state index contributed by atoms with van der Waals surface area (Å²) < 4.78 is 43.0. The molecule has 0 aromatic heterocycles. The van der Waals surface area contributed by atoms with E-state index in [1.807, 2.05) is 0 Å². The van der Waals surface area contributed by atoms with Gasteiger partial charge in [0.05, 0.1) is 32.9 Å². The molecule has 7 nitrogen and oxygen atoms in total. The third-order valence-electron chi connectivity index (χ3n) is 4.94. The first-order valence-electron chi connectivity index (χ1n) is 9.20. The van der Waals surface area contributed by atoms with Gasteiger partial charge in [0, 0.05) is 37.2 Å². The molecule has 0 aliphatic carbocycles. The lowest BCUT2D eigenvalue weighted by Gasteiger charge is -2.18. The number of hydrogen-bond acceptors (Lipinski definition) is 5. The van der Waals surface area contributed by atoms with E-state index in [4.69, 9.17) is 14.2 Å². The summed E-state index contributed by atoms with van der Waals surface area (Å²) in [6.45, 7) is 0.147. The molecular weight excluding hydrogens is 398 g/mol. The third-order valence-corrected chi connectivity index (χ3v) is 4.94. The Balaban J connectivity index is 1.69. The summed E-state index contributed by atoms with van der Waals surface area (Å²) in [6, 6.07) is 6.32. The molecule has 1 fully saturated rings. The van der Waals surface area contributed by atoms with Gasteiger partial charge >= 0.3 is 0 Å². The predicted molar refractivity (Wildman–Crippen MR) is 105 cm³/mol. The van der Waals surface area contributed by atoms with Crippen LogP contribution in [0, 0.1) is 17.6 Å². The van der Waals surface area contributed by atoms with Crippen molar-refractivity contribution in [2.24, 2.45) is 5.92 Å². The van der Waals surface area contributed by atoms with Gasteiger partial charge in [-0.3, -0.25) is 9.59 Å². The number of amides is 2. The van der Waals surface area contributed by atoms with Crippen LogP contribution in [0.4, 0.5) is 14.5 Å². The van der Waals surface area contributed by atoms with E-state index in [0.29, 0.717) is 28.9 Å². The second kappa shape index (κ2) is 8.98. The molecular formula is C21H22F2N2O5. The van der Waals surface area contributed by atoms with Gasteiger partial charge in [-0.25, -0.2) is 8.78 Å². The number of hydrogen-bond donors (Lipinski definition) is 1. The minimum Gasteiger partial charge on any atom is -0.496 e. The summed E-state index contributed by atoms with van der Waals surface area (Å²) in [4.78, 5) is 26.1. The highest BCUT2D eigenvalue weighted by Gasteiger charge is 2.36. The molecule has 1 atom stereocenters. The van der Waals surface area contributed by atoms with Crippen molar-refractivity contribution in [2.45, 2.75) is 13.0 Å². The van der Waals surface area contributed by atoms with Crippen molar-refractivity contribution in [1.82, 2.24) is 5.32 Å². The van der Waals surface area contributed by atoms with Crippen molar-refractivity contribution in [3.8, 4) is 17.2 Å². The average Bonchev–Trinajstić information content (AvgIpc) is 3.12. The van der Waals surface area contributed by atoms with Gasteiger partial charge in [0.25, 0.3) is 0 Å². The molecule has 1 N–H and O–H groups in total. The lowest BCUT2D eigenvalue weighted by molar-refractivity contribution is -0.126. The number of nitrogens with zero attached hydrogens (tertiary/aromatic N) is 1. The largest absolute Gasteiger partial charge is 0.496 e. The zero-order chi connectivity index (χ0) is 21.8. The number of anilines is 1. The molecule has 0 spiro atoms. The van der Waals surface area contributed by atoms with E-state index in [1.165, 1.54) is 27.4 Å². The molecule has 2 aromatic rings. The van der Waals surface area contributed by atoms with Crippen LogP contribution in [0.2, 0.25) is 0 Å². The molecule has 1 unspecified atom stereocenters. The second-order valence-electron chi connectivity index (χ2n) is 6.74. The fourth-order valence-corrected chi connectivity index (χ4v) is 3.37. The van der Waals surface area contributed by atoms with E-state index >= 15 is 0 Å². The fourth-order valence-electron chi connectivity index (χ4n) is 3.37. The maximum atomic E-state index is 14.0. The topological polar surface area (TPSA) is 77.1 Å². The number of benzene rings is 2. The molecule has 160 valence electrons. The summed E-state index contributed by atoms with van der Waals surface area (Å²) >= 11 is 0. The summed E-state index contributed by atoms with van der Waals surface area (Å²) in [5, 5.41) is 2.77. The summed E-state index contributed by atoms with van der Waals surface area (Å²) in [5.74, 6) is -1.52. The molecule has 1 aliphatic heterocycles. The molecule has 0 saturated carbocycles. The highest BCUT2D eigenvalue weighted by Crippen LogP contribution is 2.34. The molecule has 0 bridgehead atoms. The van der Waals surface area contributed by atoms with Gasteiger partial charge in [0.1, 0.15) is 17.4 Å². The van der Waals surface area contributed by atoms with Gasteiger partial charge in [-0.05, 0) is 18.2 Å². The van der Waals surface area contributed by atoms with Crippen molar-refractivity contribution < 1.29 is 32.6 Å². The number of ether oxygens (including phenoxy) is 3. The molecule has 1 heterocycles. The van der Waals surface area contributed by atoms with Crippen LogP contribution in [0.3, 0.4) is 0 Å². The Morgan fingerprint density at radius 1 is 1.07 bits per heavy atom. The molecule has 3 rings (SSSR count). The fraction of sp³-hybridized carbons (Fsp3) is 0.333. The number of carbonyl (C=O) groups excluding carboxylic acids is 2. The SMILES string of the molecule is COc1cc(OC)c(OC)cc1CNC(=O)C1CC(=O)N(c2ccc(F)cc2F)C1. The summed E-state index contributed by atoms with van der Waals surface area (Å²) in [5.41, 5.74) is 0.618. The van der Waals surface area contributed by atoms with Crippen LogP contribution in [0.5, 0.6) is 17.2 Å². The lowest BCUT2D eigenvalue weighted by Crippen LogP contribution is -2.33. The van der Waals surface area contributed by atoms with Gasteiger partial charge in [0.15, 0.2) is 11.5 Å². The van der Waals surface area contributed by atoms with E-state index in [9.17, 15) is 18.4 Å². The monoisotopic (exact) mass is 420 g/mol. The molecule has 30 heavy (non-hydrogen) atoms. The first-order valence-corrected chi connectivity index (χ1v) is 9.20. The van der Waals surface area contributed by atoms with Crippen molar-refractivity contribution in [3.05, 3.63) is 47.5 Å². The van der Waals surface area contributed by atoms with Crippen molar-refractivity contribution >= 4 is 17.5 Å². The molecule has 1 aliphatic rings. The zero-order valence-electron chi connectivity index (χ0n) is 16.8. The molecule has 1 saturated heterocycles. The normalized spacial score (nSPS) is 15.8. The number of halogens is 2. The Bertz CT molecular complexity index is 967. The Labute approximate surface area is 172 Å². The Morgan fingerprint density at radius 2 is 1.73 bits per heavy atom. The van der Waals surface area contributed by atoms with Crippen LogP contribution in [-0.2, 0) is 16.1 Å². The van der Waals surface area contributed by atoms with Crippen LogP contribution in [0.1, 0.15) is 12.0 Å². The van der Waals surface area contributed by atoms with E-state index in [0.717, 1.165) is 11.0 Å². The molecule has 0 radical (unpaired) electrons. The maximum Gasteiger partial charge on any atom is 0.227 e. The summed E-state index contributed by atoms with van der Waals surface area (Å²) in [6.07, 6.45) is -0.0638. The van der Waals surface area contributed by atoms with Gasteiger partial charge in [-0.2, -0.15) is 0 Å². The number of methoxy groups -OCH3 is 3. The van der Waals surface area contributed by atoms with Gasteiger partial charge in [0.2, 0.25) is 11.8 Å². The summed E-state index contributed by atoms with van der Waals surface area (Å²) in [7, 11) is 4.50. The van der Waals surface area contributed by atoms with Crippen LogP contribution < -0.4 is 24.4 Å². The Hall–Kier alpha value is -3.36. The highest BCUT2D eigenvalue weighted by molar-refractivity contribution is 6.00. The third kappa shape index (κ3) is 4.29. The Kier molecular flexibility index (Phi) is 6.39. The van der Waals surface area contributed by atoms with Gasteiger partial charge < -0.3 is 24.4 Å². The van der Waals surface area contributed by atoms with Crippen molar-refractivity contribution in [2.75, 3.05) is 32.8 Å². The van der Waals surface area contributed by atoms with Crippen LogP contribution in [0.25, 0.3) is 0 Å². The van der Waals surface area contributed by atoms with Crippen LogP contribution in [-0.4, -0.2) is 39.7 Å². The smallest absolute Gasteiger partial charge is 0.227 e. The standard InChI is InChI=1S/C21H22F2N2O5/c1-28-17-9-19(30-3)18(29-2)6-12(17)10-24-21(27)13-7-20(26)25(11-13)16-5-4-14(22)8-15(16)23/h4-6,8-9,13H,7,10-11H2,1-3H3,(H,24,27). The molecule has 2 aromatic carbocycles. The van der Waals surface area contributed by atoms with Gasteiger partial charge in [-0.1, -0.05) is 0 Å². The van der Waals surface area contributed by atoms with Crippen molar-refractivity contribution in [1.29, 1.82) is 0 Å². The van der Waals surface area contributed by atoms with E-state index < -0.39 is 23.5 Å². The second-order valence-corrected chi connectivity index (χ2v) is 6.74. The van der Waals surface area contributed by atoms with Crippen molar-refractivity contribution in [3.63, 3.8) is 0 Å². The Morgan fingerprint density at radius 3 is 2.37 bits per heavy atom. The average molecular weight is 420 g/mol. The number of rotatable bonds is 7. The zero-order valence-corrected chi connectivity index (χ0v) is 16.8. The highest BCUT2D eigenvalue weighted by atomic mass is 19.1. The maximum absolute atomic E-state index is 14.0. The van der Waals surface area contributed by atoms with E-state index in [2.05, 4.69) is 5.32 Å². The van der Waals surface area contributed by atoms with E-state index in [-0.39, 0.29) is 31.1 Å².